The van der Waals surface area contributed by atoms with Crippen molar-refractivity contribution in [3.8, 4) is 0 Å². The molecule has 4 heteroatoms. The molecule has 2 atom stereocenters. The van der Waals surface area contributed by atoms with Gasteiger partial charge < -0.3 is 14.6 Å². The molecule has 4 nitrogen and oxygen atoms in total. The minimum Gasteiger partial charge on any atom is -0.308 e. The molecule has 0 spiro atoms. The topological polar surface area (TPSA) is 32.6 Å². The molecule has 0 saturated carbocycles. The molecular weight excluding hydrogens is 248 g/mol. The van der Waals surface area contributed by atoms with Crippen LogP contribution >= 0.6 is 0 Å². The molecule has 1 aliphatic heterocycles. The van der Waals surface area contributed by atoms with Gasteiger partial charge in [-0.05, 0) is 45.0 Å². The van der Waals surface area contributed by atoms with Crippen molar-refractivity contribution in [3.63, 3.8) is 0 Å². The van der Waals surface area contributed by atoms with Crippen LogP contribution in [0.5, 0.6) is 0 Å². The quantitative estimate of drug-likeness (QED) is 0.928. The smallest absolute Gasteiger partial charge is 0.137 e. The number of hydrogen-bond donors (Lipinski definition) is 1. The Hall–Kier alpha value is -1.39. The van der Waals surface area contributed by atoms with Crippen LogP contribution in [0.15, 0.2) is 24.4 Å². The normalized spacial score (nSPS) is 24.4. The van der Waals surface area contributed by atoms with Crippen LogP contribution in [0.1, 0.15) is 24.7 Å². The number of pyridine rings is 1. The first-order valence-corrected chi connectivity index (χ1v) is 7.49. The van der Waals surface area contributed by atoms with Crippen LogP contribution in [0.25, 0.3) is 5.65 Å². The van der Waals surface area contributed by atoms with Crippen molar-refractivity contribution < 1.29 is 0 Å². The lowest BCUT2D eigenvalue weighted by atomic mass is 9.94. The van der Waals surface area contributed by atoms with Gasteiger partial charge in [-0.2, -0.15) is 0 Å². The van der Waals surface area contributed by atoms with E-state index in [4.69, 9.17) is 0 Å². The van der Waals surface area contributed by atoms with Gasteiger partial charge in [0.1, 0.15) is 5.65 Å². The van der Waals surface area contributed by atoms with Gasteiger partial charge in [-0.25, -0.2) is 4.98 Å². The standard InChI is InChI=1S/C16H24N4/c1-12-11-19(3)9-7-14(12)17-10-15-13(2)18-16-6-4-5-8-20(15)16/h4-6,8,12,14,17H,7,9-11H2,1-3H3. The Bertz CT molecular complexity index is 589. The number of aryl methyl sites for hydroxylation is 1. The fourth-order valence-corrected chi connectivity index (χ4v) is 3.26. The van der Waals surface area contributed by atoms with Gasteiger partial charge in [0.15, 0.2) is 0 Å². The summed E-state index contributed by atoms with van der Waals surface area (Å²) in [7, 11) is 2.21. The lowest BCUT2D eigenvalue weighted by Crippen LogP contribution is -2.46. The minimum atomic E-state index is 0.611. The predicted octanol–water partition coefficient (Wildman–Crippen LogP) is 2.07. The van der Waals surface area contributed by atoms with Crippen LogP contribution in [-0.2, 0) is 6.54 Å². The first-order chi connectivity index (χ1) is 9.65. The summed E-state index contributed by atoms with van der Waals surface area (Å²) in [5, 5.41) is 3.74. The first kappa shape index (κ1) is 13.6. The number of hydrogen-bond acceptors (Lipinski definition) is 3. The van der Waals surface area contributed by atoms with Crippen LogP contribution in [0.3, 0.4) is 0 Å². The molecule has 0 bridgehead atoms. The summed E-state index contributed by atoms with van der Waals surface area (Å²) in [6.07, 6.45) is 3.33. The summed E-state index contributed by atoms with van der Waals surface area (Å²) in [6, 6.07) is 6.78. The molecule has 108 valence electrons. The Morgan fingerprint density at radius 2 is 2.25 bits per heavy atom. The average molecular weight is 272 g/mol. The maximum Gasteiger partial charge on any atom is 0.137 e. The maximum absolute atomic E-state index is 4.62. The number of nitrogens with one attached hydrogen (secondary N) is 1. The summed E-state index contributed by atoms with van der Waals surface area (Å²) in [5.41, 5.74) is 3.45. The highest BCUT2D eigenvalue weighted by Gasteiger charge is 2.24. The maximum atomic E-state index is 4.62. The zero-order chi connectivity index (χ0) is 14.1. The van der Waals surface area contributed by atoms with Crippen LogP contribution < -0.4 is 5.32 Å². The highest BCUT2D eigenvalue weighted by molar-refractivity contribution is 5.42. The second kappa shape index (κ2) is 5.54. The van der Waals surface area contributed by atoms with Crippen molar-refractivity contribution in [1.82, 2.24) is 19.6 Å². The summed E-state index contributed by atoms with van der Waals surface area (Å²) < 4.78 is 2.20. The van der Waals surface area contributed by atoms with Crippen LogP contribution in [-0.4, -0.2) is 40.5 Å². The number of rotatable bonds is 3. The van der Waals surface area contributed by atoms with Crippen LogP contribution in [0.2, 0.25) is 0 Å². The van der Waals surface area contributed by atoms with E-state index in [2.05, 4.69) is 58.8 Å². The molecule has 20 heavy (non-hydrogen) atoms. The number of aromatic nitrogens is 2. The van der Waals surface area contributed by atoms with Gasteiger partial charge in [-0.1, -0.05) is 13.0 Å². The van der Waals surface area contributed by atoms with Crippen molar-refractivity contribution in [2.24, 2.45) is 5.92 Å². The lowest BCUT2D eigenvalue weighted by Gasteiger charge is -2.35. The van der Waals surface area contributed by atoms with Crippen LogP contribution in [0.4, 0.5) is 0 Å². The van der Waals surface area contributed by atoms with Gasteiger partial charge in [0.2, 0.25) is 0 Å². The fraction of sp³-hybridized carbons (Fsp3) is 0.562. The second-order valence-electron chi connectivity index (χ2n) is 6.09. The third kappa shape index (κ3) is 2.58. The molecule has 2 aromatic rings. The number of nitrogens with zero attached hydrogens (tertiary/aromatic N) is 3. The summed E-state index contributed by atoms with van der Waals surface area (Å²) in [6.45, 7) is 7.71. The second-order valence-corrected chi connectivity index (χ2v) is 6.09. The van der Waals surface area contributed by atoms with Gasteiger partial charge >= 0.3 is 0 Å². The number of fused-ring (bicyclic) bond motifs is 1. The Balaban J connectivity index is 1.72. The van der Waals surface area contributed by atoms with Crippen molar-refractivity contribution >= 4 is 5.65 Å². The van der Waals surface area contributed by atoms with Crippen molar-refractivity contribution in [2.75, 3.05) is 20.1 Å². The zero-order valence-corrected chi connectivity index (χ0v) is 12.6. The molecule has 0 radical (unpaired) electrons. The highest BCUT2D eigenvalue weighted by atomic mass is 15.1. The molecule has 1 saturated heterocycles. The molecule has 2 aromatic heterocycles. The van der Waals surface area contributed by atoms with E-state index < -0.39 is 0 Å². The highest BCUT2D eigenvalue weighted by Crippen LogP contribution is 2.17. The molecule has 1 N–H and O–H groups in total. The van der Waals surface area contributed by atoms with Gasteiger partial charge in [0.05, 0.1) is 11.4 Å². The molecule has 3 heterocycles. The molecule has 0 amide bonds. The van der Waals surface area contributed by atoms with E-state index in [-0.39, 0.29) is 0 Å². The van der Waals surface area contributed by atoms with E-state index in [1.54, 1.807) is 0 Å². The average Bonchev–Trinajstić information content (AvgIpc) is 2.74. The summed E-state index contributed by atoms with van der Waals surface area (Å²) in [5.74, 6) is 0.702. The molecule has 3 rings (SSSR count). The minimum absolute atomic E-state index is 0.611. The van der Waals surface area contributed by atoms with E-state index in [9.17, 15) is 0 Å². The Kier molecular flexibility index (Phi) is 3.76. The number of imidazole rings is 1. The first-order valence-electron chi connectivity index (χ1n) is 7.49. The molecular formula is C16H24N4. The van der Waals surface area contributed by atoms with E-state index in [0.717, 1.165) is 17.9 Å². The lowest BCUT2D eigenvalue weighted by molar-refractivity contribution is 0.174. The number of likely N-dealkylation sites (tertiary alicyclic amines) is 1. The van der Waals surface area contributed by atoms with Gasteiger partial charge in [-0.15, -0.1) is 0 Å². The fourth-order valence-electron chi connectivity index (χ4n) is 3.26. The Morgan fingerprint density at radius 3 is 3.05 bits per heavy atom. The van der Waals surface area contributed by atoms with Gasteiger partial charge in [-0.3, -0.25) is 0 Å². The van der Waals surface area contributed by atoms with Crippen LogP contribution in [0, 0.1) is 12.8 Å². The van der Waals surface area contributed by atoms with Crippen molar-refractivity contribution in [2.45, 2.75) is 32.9 Å². The zero-order valence-electron chi connectivity index (χ0n) is 12.6. The van der Waals surface area contributed by atoms with Crippen molar-refractivity contribution in [3.05, 3.63) is 35.8 Å². The van der Waals surface area contributed by atoms with Gasteiger partial charge in [0, 0.05) is 25.3 Å². The van der Waals surface area contributed by atoms with E-state index in [0.29, 0.717) is 12.0 Å². The molecule has 2 unspecified atom stereocenters. The SMILES string of the molecule is Cc1nc2ccccn2c1CNC1CCN(C)CC1C. The van der Waals surface area contributed by atoms with E-state index in [1.807, 2.05) is 6.07 Å². The number of piperidine rings is 1. The molecule has 0 aliphatic carbocycles. The molecule has 1 fully saturated rings. The summed E-state index contributed by atoms with van der Waals surface area (Å²) >= 11 is 0. The van der Waals surface area contributed by atoms with E-state index >= 15 is 0 Å². The molecule has 1 aliphatic rings. The third-order valence-corrected chi connectivity index (χ3v) is 4.47. The largest absolute Gasteiger partial charge is 0.308 e. The predicted molar refractivity (Wildman–Crippen MR) is 81.8 cm³/mol. The third-order valence-electron chi connectivity index (χ3n) is 4.47. The monoisotopic (exact) mass is 272 g/mol. The van der Waals surface area contributed by atoms with E-state index in [1.165, 1.54) is 25.2 Å². The Morgan fingerprint density at radius 1 is 1.40 bits per heavy atom. The van der Waals surface area contributed by atoms with Gasteiger partial charge in [0.25, 0.3) is 0 Å². The summed E-state index contributed by atoms with van der Waals surface area (Å²) in [4.78, 5) is 7.04. The molecule has 0 aromatic carbocycles. The van der Waals surface area contributed by atoms with Crippen molar-refractivity contribution in [1.29, 1.82) is 0 Å². The Labute approximate surface area is 120 Å².